The van der Waals surface area contributed by atoms with Crippen LogP contribution in [-0.2, 0) is 14.3 Å². The fourth-order valence-corrected chi connectivity index (χ4v) is 2.19. The fourth-order valence-electron chi connectivity index (χ4n) is 2.19. The molecule has 1 aliphatic rings. The number of ether oxygens (including phenoxy) is 2. The summed E-state index contributed by atoms with van der Waals surface area (Å²) in [4.78, 5) is 23.6. The average Bonchev–Trinajstić information content (AvgIpc) is 2.43. The molecule has 2 atom stereocenters. The molecular formula is C13H23NO4. The lowest BCUT2D eigenvalue weighted by Gasteiger charge is -2.37. The van der Waals surface area contributed by atoms with Crippen molar-refractivity contribution in [3.63, 3.8) is 0 Å². The van der Waals surface area contributed by atoms with Gasteiger partial charge in [-0.05, 0) is 25.7 Å². The molecule has 0 radical (unpaired) electrons. The summed E-state index contributed by atoms with van der Waals surface area (Å²) >= 11 is 0. The molecule has 1 heterocycles. The zero-order chi connectivity index (χ0) is 13.6. The van der Waals surface area contributed by atoms with Crippen LogP contribution in [0.2, 0.25) is 0 Å². The molecule has 0 spiro atoms. The molecule has 2 unspecified atom stereocenters. The van der Waals surface area contributed by atoms with E-state index in [1.54, 1.807) is 0 Å². The van der Waals surface area contributed by atoms with E-state index >= 15 is 0 Å². The number of rotatable bonds is 5. The van der Waals surface area contributed by atoms with E-state index in [9.17, 15) is 9.59 Å². The van der Waals surface area contributed by atoms with Crippen LogP contribution in [0.4, 0.5) is 4.79 Å². The van der Waals surface area contributed by atoms with Gasteiger partial charge < -0.3 is 14.8 Å². The Morgan fingerprint density at radius 2 is 2.17 bits per heavy atom. The van der Waals surface area contributed by atoms with Crippen LogP contribution in [0, 0.1) is 5.92 Å². The SMILES string of the molecule is CCC(C)C(=O)C1(CNC(=O)OC)CCCCO1. The predicted octanol–water partition coefficient (Wildman–Crippen LogP) is 1.90. The van der Waals surface area contributed by atoms with Crippen LogP contribution in [-0.4, -0.2) is 37.7 Å². The number of nitrogens with one attached hydrogen (secondary N) is 1. The molecule has 18 heavy (non-hydrogen) atoms. The van der Waals surface area contributed by atoms with E-state index in [-0.39, 0.29) is 18.2 Å². The van der Waals surface area contributed by atoms with E-state index in [0.717, 1.165) is 19.3 Å². The highest BCUT2D eigenvalue weighted by molar-refractivity contribution is 5.90. The Labute approximate surface area is 108 Å². The number of methoxy groups -OCH3 is 1. The van der Waals surface area contributed by atoms with Gasteiger partial charge in [-0.25, -0.2) is 4.79 Å². The molecule has 0 aromatic heterocycles. The number of hydrogen-bond acceptors (Lipinski definition) is 4. The minimum Gasteiger partial charge on any atom is -0.453 e. The topological polar surface area (TPSA) is 64.6 Å². The molecule has 1 rings (SSSR count). The van der Waals surface area contributed by atoms with Gasteiger partial charge in [0, 0.05) is 12.5 Å². The predicted molar refractivity (Wildman–Crippen MR) is 67.4 cm³/mol. The van der Waals surface area contributed by atoms with Crippen molar-refractivity contribution in [3.8, 4) is 0 Å². The van der Waals surface area contributed by atoms with Crippen molar-refractivity contribution in [3.05, 3.63) is 0 Å². The van der Waals surface area contributed by atoms with E-state index in [2.05, 4.69) is 10.1 Å². The van der Waals surface area contributed by atoms with E-state index in [4.69, 9.17) is 4.74 Å². The maximum atomic E-state index is 12.4. The lowest BCUT2D eigenvalue weighted by molar-refractivity contribution is -0.154. The molecule has 5 heteroatoms. The standard InChI is InChI=1S/C13H23NO4/c1-4-10(2)11(15)13(7-5-6-8-18-13)9-14-12(16)17-3/h10H,4-9H2,1-3H3,(H,14,16). The largest absolute Gasteiger partial charge is 0.453 e. The lowest BCUT2D eigenvalue weighted by Crippen LogP contribution is -2.54. The number of ketones is 1. The number of carbonyl (C=O) groups excluding carboxylic acids is 2. The first kappa shape index (κ1) is 15.0. The number of hydrogen-bond donors (Lipinski definition) is 1. The Bertz CT molecular complexity index is 297. The van der Waals surface area contributed by atoms with Gasteiger partial charge in [0.1, 0.15) is 5.60 Å². The molecule has 0 aliphatic carbocycles. The van der Waals surface area contributed by atoms with Crippen LogP contribution >= 0.6 is 0 Å². The van der Waals surface area contributed by atoms with Crippen molar-refractivity contribution in [2.45, 2.75) is 45.1 Å². The van der Waals surface area contributed by atoms with Gasteiger partial charge in [0.2, 0.25) is 0 Å². The summed E-state index contributed by atoms with van der Waals surface area (Å²) in [5, 5.41) is 2.60. The Morgan fingerprint density at radius 3 is 2.67 bits per heavy atom. The number of Topliss-reactive ketones (excluding diaryl/α,β-unsaturated/α-hetero) is 1. The van der Waals surface area contributed by atoms with Gasteiger partial charge in [0.15, 0.2) is 5.78 Å². The summed E-state index contributed by atoms with van der Waals surface area (Å²) in [7, 11) is 1.31. The van der Waals surface area contributed by atoms with Crippen LogP contribution < -0.4 is 5.32 Å². The average molecular weight is 257 g/mol. The van der Waals surface area contributed by atoms with Crippen molar-refractivity contribution < 1.29 is 19.1 Å². The Hall–Kier alpha value is -1.10. The molecule has 1 aliphatic heterocycles. The highest BCUT2D eigenvalue weighted by Crippen LogP contribution is 2.29. The first-order valence-corrected chi connectivity index (χ1v) is 6.56. The molecule has 5 nitrogen and oxygen atoms in total. The summed E-state index contributed by atoms with van der Waals surface area (Å²) in [5.74, 6) is 0.0312. The Kier molecular flexibility index (Phi) is 5.59. The van der Waals surface area contributed by atoms with E-state index in [0.29, 0.717) is 13.0 Å². The molecule has 1 saturated heterocycles. The minimum absolute atomic E-state index is 0.0532. The summed E-state index contributed by atoms with van der Waals surface area (Å²) in [6.45, 7) is 4.65. The molecule has 1 fully saturated rings. The Balaban J connectivity index is 2.74. The van der Waals surface area contributed by atoms with Gasteiger partial charge in [-0.15, -0.1) is 0 Å². The van der Waals surface area contributed by atoms with Crippen molar-refractivity contribution in [1.29, 1.82) is 0 Å². The molecule has 1 N–H and O–H groups in total. The van der Waals surface area contributed by atoms with Crippen LogP contribution in [0.3, 0.4) is 0 Å². The fraction of sp³-hybridized carbons (Fsp3) is 0.846. The maximum absolute atomic E-state index is 12.4. The number of amides is 1. The van der Waals surface area contributed by atoms with E-state index in [1.807, 2.05) is 13.8 Å². The van der Waals surface area contributed by atoms with Gasteiger partial charge in [-0.1, -0.05) is 13.8 Å². The number of carbonyl (C=O) groups is 2. The molecule has 0 saturated carbocycles. The van der Waals surface area contributed by atoms with E-state index in [1.165, 1.54) is 7.11 Å². The monoisotopic (exact) mass is 257 g/mol. The summed E-state index contributed by atoms with van der Waals surface area (Å²) in [5.41, 5.74) is -0.859. The zero-order valence-electron chi connectivity index (χ0n) is 11.5. The quantitative estimate of drug-likeness (QED) is 0.817. The third-order valence-corrected chi connectivity index (χ3v) is 3.57. The molecule has 1 amide bonds. The van der Waals surface area contributed by atoms with Crippen molar-refractivity contribution in [2.75, 3.05) is 20.3 Å². The third kappa shape index (κ3) is 3.45. The maximum Gasteiger partial charge on any atom is 0.406 e. The minimum atomic E-state index is -0.859. The van der Waals surface area contributed by atoms with Gasteiger partial charge in [-0.2, -0.15) is 0 Å². The highest BCUT2D eigenvalue weighted by Gasteiger charge is 2.42. The normalized spacial score (nSPS) is 25.3. The van der Waals surface area contributed by atoms with Crippen LogP contribution in [0.5, 0.6) is 0 Å². The molecular weight excluding hydrogens is 234 g/mol. The first-order chi connectivity index (χ1) is 8.55. The van der Waals surface area contributed by atoms with Gasteiger partial charge in [-0.3, -0.25) is 4.79 Å². The van der Waals surface area contributed by atoms with Gasteiger partial charge in [0.05, 0.1) is 13.7 Å². The highest BCUT2D eigenvalue weighted by atomic mass is 16.5. The van der Waals surface area contributed by atoms with Gasteiger partial charge in [0.25, 0.3) is 0 Å². The van der Waals surface area contributed by atoms with Crippen LogP contribution in [0.1, 0.15) is 39.5 Å². The lowest BCUT2D eigenvalue weighted by atomic mass is 9.82. The second-order valence-corrected chi connectivity index (χ2v) is 4.82. The summed E-state index contributed by atoms with van der Waals surface area (Å²) in [6, 6.07) is 0. The summed E-state index contributed by atoms with van der Waals surface area (Å²) in [6.07, 6.45) is 2.83. The zero-order valence-corrected chi connectivity index (χ0v) is 11.5. The van der Waals surface area contributed by atoms with E-state index < -0.39 is 11.7 Å². The Morgan fingerprint density at radius 1 is 1.44 bits per heavy atom. The van der Waals surface area contributed by atoms with Gasteiger partial charge >= 0.3 is 6.09 Å². The molecule has 0 bridgehead atoms. The second kappa shape index (κ2) is 6.73. The third-order valence-electron chi connectivity index (χ3n) is 3.57. The molecule has 0 aromatic rings. The van der Waals surface area contributed by atoms with Crippen LogP contribution in [0.15, 0.2) is 0 Å². The smallest absolute Gasteiger partial charge is 0.406 e. The van der Waals surface area contributed by atoms with Crippen LogP contribution in [0.25, 0.3) is 0 Å². The first-order valence-electron chi connectivity index (χ1n) is 6.56. The molecule has 0 aromatic carbocycles. The number of alkyl carbamates (subject to hydrolysis) is 1. The second-order valence-electron chi connectivity index (χ2n) is 4.82. The summed E-state index contributed by atoms with van der Waals surface area (Å²) < 4.78 is 10.3. The van der Waals surface area contributed by atoms with Crippen molar-refractivity contribution in [1.82, 2.24) is 5.32 Å². The van der Waals surface area contributed by atoms with Crippen molar-refractivity contribution >= 4 is 11.9 Å². The van der Waals surface area contributed by atoms with Crippen molar-refractivity contribution in [2.24, 2.45) is 5.92 Å². The molecule has 104 valence electrons.